The zero-order valence-electron chi connectivity index (χ0n) is 10.6. The number of hydrogen-bond donors (Lipinski definition) is 1. The van der Waals surface area contributed by atoms with Crippen LogP contribution in [0.1, 0.15) is 26.7 Å². The highest BCUT2D eigenvalue weighted by Gasteiger charge is 2.36. The molecule has 2 fully saturated rings. The van der Waals surface area contributed by atoms with Gasteiger partial charge in [0.15, 0.2) is 0 Å². The number of ether oxygens (including phenoxy) is 1. The molecule has 5 nitrogen and oxygen atoms in total. The number of piperazine rings is 1. The lowest BCUT2D eigenvalue weighted by atomic mass is 10.2. The minimum absolute atomic E-state index is 0.220. The molecule has 0 amide bonds. The second-order valence-corrected chi connectivity index (χ2v) is 7.38. The van der Waals surface area contributed by atoms with E-state index in [0.717, 1.165) is 12.8 Å². The third kappa shape index (κ3) is 2.99. The Bertz CT molecular complexity index is 342. The first kappa shape index (κ1) is 13.3. The van der Waals surface area contributed by atoms with Crippen molar-refractivity contribution in [3.63, 3.8) is 0 Å². The molecule has 3 atom stereocenters. The topological polar surface area (TPSA) is 58.6 Å². The zero-order chi connectivity index (χ0) is 12.5. The van der Waals surface area contributed by atoms with Gasteiger partial charge in [0.25, 0.3) is 0 Å². The van der Waals surface area contributed by atoms with Gasteiger partial charge in [0.1, 0.15) is 0 Å². The Morgan fingerprint density at radius 2 is 1.88 bits per heavy atom. The molecule has 2 aliphatic rings. The van der Waals surface area contributed by atoms with Gasteiger partial charge >= 0.3 is 0 Å². The number of rotatable bonds is 2. The predicted octanol–water partition coefficient (Wildman–Crippen LogP) is 0.177. The van der Waals surface area contributed by atoms with Crippen molar-refractivity contribution < 1.29 is 13.2 Å². The van der Waals surface area contributed by atoms with E-state index in [0.29, 0.717) is 26.3 Å². The lowest BCUT2D eigenvalue weighted by molar-refractivity contribution is 0.0967. The van der Waals surface area contributed by atoms with Crippen molar-refractivity contribution in [3.05, 3.63) is 0 Å². The van der Waals surface area contributed by atoms with Gasteiger partial charge in [-0.15, -0.1) is 0 Å². The number of sulfonamides is 1. The van der Waals surface area contributed by atoms with Crippen LogP contribution in [0, 0.1) is 0 Å². The molecule has 0 aliphatic carbocycles. The molecule has 1 N–H and O–H groups in total. The van der Waals surface area contributed by atoms with Crippen molar-refractivity contribution in [1.82, 2.24) is 9.62 Å². The van der Waals surface area contributed by atoms with Gasteiger partial charge in [-0.3, -0.25) is 0 Å². The minimum Gasteiger partial charge on any atom is -0.380 e. The monoisotopic (exact) mass is 262 g/mol. The van der Waals surface area contributed by atoms with E-state index >= 15 is 0 Å². The molecule has 0 spiro atoms. The van der Waals surface area contributed by atoms with Crippen LogP contribution in [0.25, 0.3) is 0 Å². The highest BCUT2D eigenvalue weighted by atomic mass is 32.2. The van der Waals surface area contributed by atoms with Crippen molar-refractivity contribution in [3.8, 4) is 0 Å². The maximum atomic E-state index is 12.4. The van der Waals surface area contributed by atoms with Crippen molar-refractivity contribution >= 4 is 10.0 Å². The standard InChI is InChI=1S/C11H22N2O3S/c1-9-6-13(7-10(2)12-9)17(14,15)11-4-3-5-16-8-11/h9-12H,3-8H2,1-2H3. The Morgan fingerprint density at radius 1 is 1.24 bits per heavy atom. The fourth-order valence-corrected chi connectivity index (χ4v) is 4.66. The summed E-state index contributed by atoms with van der Waals surface area (Å²) in [5.74, 6) is 0. The van der Waals surface area contributed by atoms with E-state index in [1.54, 1.807) is 4.31 Å². The van der Waals surface area contributed by atoms with Crippen molar-refractivity contribution in [2.24, 2.45) is 0 Å². The summed E-state index contributed by atoms with van der Waals surface area (Å²) in [7, 11) is -3.18. The third-order valence-electron chi connectivity index (χ3n) is 3.42. The highest BCUT2D eigenvalue weighted by molar-refractivity contribution is 7.89. The first-order valence-electron chi connectivity index (χ1n) is 6.33. The molecule has 0 saturated carbocycles. The van der Waals surface area contributed by atoms with Crippen LogP contribution < -0.4 is 5.32 Å². The van der Waals surface area contributed by atoms with Gasteiger partial charge in [0, 0.05) is 31.8 Å². The van der Waals surface area contributed by atoms with Crippen LogP contribution in [0.4, 0.5) is 0 Å². The molecular weight excluding hydrogens is 240 g/mol. The van der Waals surface area contributed by atoms with Crippen LogP contribution in [0.2, 0.25) is 0 Å². The molecule has 17 heavy (non-hydrogen) atoms. The molecule has 0 radical (unpaired) electrons. The summed E-state index contributed by atoms with van der Waals surface area (Å²) in [5.41, 5.74) is 0. The molecule has 3 unspecified atom stereocenters. The average molecular weight is 262 g/mol. The summed E-state index contributed by atoms with van der Waals surface area (Å²) in [6.07, 6.45) is 1.58. The van der Waals surface area contributed by atoms with Crippen LogP contribution in [0.5, 0.6) is 0 Å². The van der Waals surface area contributed by atoms with Gasteiger partial charge < -0.3 is 10.1 Å². The van der Waals surface area contributed by atoms with Crippen molar-refractivity contribution in [2.75, 3.05) is 26.3 Å². The van der Waals surface area contributed by atoms with E-state index in [-0.39, 0.29) is 17.3 Å². The lowest BCUT2D eigenvalue weighted by Gasteiger charge is -2.37. The lowest BCUT2D eigenvalue weighted by Crippen LogP contribution is -2.58. The van der Waals surface area contributed by atoms with E-state index in [2.05, 4.69) is 5.32 Å². The summed E-state index contributed by atoms with van der Waals surface area (Å²) >= 11 is 0. The van der Waals surface area contributed by atoms with Crippen LogP contribution in [0.3, 0.4) is 0 Å². The molecule has 2 heterocycles. The van der Waals surface area contributed by atoms with Crippen LogP contribution in [0.15, 0.2) is 0 Å². The van der Waals surface area contributed by atoms with Gasteiger partial charge in [-0.25, -0.2) is 8.42 Å². The van der Waals surface area contributed by atoms with Crippen LogP contribution >= 0.6 is 0 Å². The first-order valence-corrected chi connectivity index (χ1v) is 7.83. The summed E-state index contributed by atoms with van der Waals surface area (Å²) in [5, 5.41) is 3.01. The Hall–Kier alpha value is -0.170. The largest absolute Gasteiger partial charge is 0.380 e. The smallest absolute Gasteiger partial charge is 0.219 e. The number of nitrogens with zero attached hydrogens (tertiary/aromatic N) is 1. The number of nitrogens with one attached hydrogen (secondary N) is 1. The Kier molecular flexibility index (Phi) is 4.07. The first-order chi connectivity index (χ1) is 8.00. The van der Waals surface area contributed by atoms with Crippen LogP contribution in [-0.2, 0) is 14.8 Å². The van der Waals surface area contributed by atoms with E-state index < -0.39 is 10.0 Å². The van der Waals surface area contributed by atoms with Crippen LogP contribution in [-0.4, -0.2) is 56.4 Å². The maximum Gasteiger partial charge on any atom is 0.219 e. The van der Waals surface area contributed by atoms with Gasteiger partial charge in [-0.2, -0.15) is 4.31 Å². The van der Waals surface area contributed by atoms with Gasteiger partial charge in [-0.1, -0.05) is 0 Å². The summed E-state index contributed by atoms with van der Waals surface area (Å²) in [6, 6.07) is 0.441. The fourth-order valence-electron chi connectivity index (χ4n) is 2.64. The van der Waals surface area contributed by atoms with E-state index in [1.807, 2.05) is 13.8 Å². The van der Waals surface area contributed by atoms with Gasteiger partial charge in [-0.05, 0) is 26.7 Å². The quantitative estimate of drug-likeness (QED) is 0.771. The summed E-state index contributed by atoms with van der Waals surface area (Å²) in [4.78, 5) is 0. The molecule has 0 bridgehead atoms. The molecular formula is C11H22N2O3S. The van der Waals surface area contributed by atoms with Gasteiger partial charge in [0.2, 0.25) is 10.0 Å². The van der Waals surface area contributed by atoms with E-state index in [4.69, 9.17) is 4.74 Å². The molecule has 2 saturated heterocycles. The second-order valence-electron chi connectivity index (χ2n) is 5.17. The molecule has 0 aromatic rings. The summed E-state index contributed by atoms with van der Waals surface area (Å²) in [6.45, 7) is 6.24. The fraction of sp³-hybridized carbons (Fsp3) is 1.00. The van der Waals surface area contributed by atoms with Gasteiger partial charge in [0.05, 0.1) is 11.9 Å². The number of hydrogen-bond acceptors (Lipinski definition) is 4. The normalized spacial score (nSPS) is 36.9. The Morgan fingerprint density at radius 3 is 2.41 bits per heavy atom. The summed E-state index contributed by atoms with van der Waals surface area (Å²) < 4.78 is 31.8. The van der Waals surface area contributed by atoms with Crippen molar-refractivity contribution in [1.29, 1.82) is 0 Å². The molecule has 0 aromatic heterocycles. The molecule has 2 aliphatic heterocycles. The molecule has 100 valence electrons. The minimum atomic E-state index is -3.18. The molecule has 0 aromatic carbocycles. The Balaban J connectivity index is 2.08. The zero-order valence-corrected chi connectivity index (χ0v) is 11.4. The SMILES string of the molecule is CC1CN(S(=O)(=O)C2CCCOC2)CC(C)N1. The van der Waals surface area contributed by atoms with E-state index in [1.165, 1.54) is 0 Å². The maximum absolute atomic E-state index is 12.4. The predicted molar refractivity (Wildman–Crippen MR) is 66.4 cm³/mol. The molecule has 6 heteroatoms. The highest BCUT2D eigenvalue weighted by Crippen LogP contribution is 2.20. The second kappa shape index (κ2) is 5.22. The molecule has 2 rings (SSSR count). The van der Waals surface area contributed by atoms with Crippen molar-refractivity contribution in [2.45, 2.75) is 44.0 Å². The van der Waals surface area contributed by atoms with E-state index in [9.17, 15) is 8.42 Å². The third-order valence-corrected chi connectivity index (χ3v) is 5.66. The Labute approximate surface area is 104 Å². The average Bonchev–Trinajstić information content (AvgIpc) is 2.29.